The fourth-order valence-electron chi connectivity index (χ4n) is 2.33. The maximum atomic E-state index is 12.0. The van der Waals surface area contributed by atoms with Crippen molar-refractivity contribution in [2.24, 2.45) is 0 Å². The Kier molecular flexibility index (Phi) is 7.31. The van der Waals surface area contributed by atoms with Gasteiger partial charge >= 0.3 is 0 Å². The van der Waals surface area contributed by atoms with Crippen LogP contribution in [0.4, 0.5) is 17.3 Å². The lowest BCUT2D eigenvalue weighted by Crippen LogP contribution is -2.32. The molecule has 0 atom stereocenters. The summed E-state index contributed by atoms with van der Waals surface area (Å²) in [4.78, 5) is 4.02. The number of nitrogens with one attached hydrogen (secondary N) is 3. The average molecular weight is 414 g/mol. The summed E-state index contributed by atoms with van der Waals surface area (Å²) in [5, 5.41) is 14.2. The number of ether oxygens (including phenoxy) is 1. The Morgan fingerprint density at radius 2 is 1.69 bits per heavy atom. The number of hydrogen-bond donors (Lipinski definition) is 3. The van der Waals surface area contributed by atoms with E-state index in [2.05, 4.69) is 30.5 Å². The lowest BCUT2D eigenvalue weighted by Gasteiger charge is -2.09. The van der Waals surface area contributed by atoms with E-state index in [9.17, 15) is 8.42 Å². The van der Waals surface area contributed by atoms with Crippen LogP contribution in [0.2, 0.25) is 0 Å². The highest BCUT2D eigenvalue weighted by Crippen LogP contribution is 2.12. The van der Waals surface area contributed by atoms with Crippen molar-refractivity contribution >= 4 is 27.3 Å². The lowest BCUT2D eigenvalue weighted by molar-refractivity contribution is 0.340. The van der Waals surface area contributed by atoms with E-state index in [1.54, 1.807) is 36.7 Å². The second kappa shape index (κ2) is 10.3. The Morgan fingerprint density at radius 1 is 0.897 bits per heavy atom. The van der Waals surface area contributed by atoms with Gasteiger partial charge in [0.25, 0.3) is 0 Å². The first-order chi connectivity index (χ1) is 14.1. The molecule has 0 amide bonds. The van der Waals surface area contributed by atoms with Crippen LogP contribution in [0.1, 0.15) is 0 Å². The maximum Gasteiger partial charge on any atom is 0.215 e. The summed E-state index contributed by atoms with van der Waals surface area (Å²) in [6.07, 6.45) is 3.37. The van der Waals surface area contributed by atoms with Crippen molar-refractivity contribution in [2.75, 3.05) is 36.1 Å². The molecule has 2 heterocycles. The lowest BCUT2D eigenvalue weighted by atomic mass is 10.3. The third-order valence-electron chi connectivity index (χ3n) is 3.72. The molecule has 0 aliphatic heterocycles. The molecule has 0 aliphatic carbocycles. The van der Waals surface area contributed by atoms with E-state index >= 15 is 0 Å². The van der Waals surface area contributed by atoms with E-state index in [1.165, 1.54) is 0 Å². The average Bonchev–Trinajstić information content (AvgIpc) is 2.74. The van der Waals surface area contributed by atoms with Crippen molar-refractivity contribution in [3.8, 4) is 5.75 Å². The quantitative estimate of drug-likeness (QED) is 0.408. The summed E-state index contributed by atoms with van der Waals surface area (Å²) in [5.74, 6) is 1.66. The van der Waals surface area contributed by atoms with Crippen LogP contribution < -0.4 is 20.1 Å². The second-order valence-electron chi connectivity index (χ2n) is 5.97. The minimum Gasteiger partial charge on any atom is -0.492 e. The molecular weight excluding hydrogens is 392 g/mol. The Bertz CT molecular complexity index is 970. The third kappa shape index (κ3) is 7.35. The van der Waals surface area contributed by atoms with Crippen LogP contribution in [0.15, 0.2) is 67.0 Å². The third-order valence-corrected chi connectivity index (χ3v) is 5.06. The fourth-order valence-corrected chi connectivity index (χ4v) is 3.19. The fraction of sp³-hybridized carbons (Fsp3) is 0.211. The van der Waals surface area contributed by atoms with E-state index in [4.69, 9.17) is 4.74 Å². The molecule has 152 valence electrons. The molecule has 0 saturated heterocycles. The SMILES string of the molecule is O=S(=O)(CCOc1ccccc1)NCCNc1ccc(Nc2cccnc2)nn1. The van der Waals surface area contributed by atoms with Crippen LogP contribution >= 0.6 is 0 Å². The summed E-state index contributed by atoms with van der Waals surface area (Å²) in [7, 11) is -3.41. The number of aromatic nitrogens is 3. The monoisotopic (exact) mass is 414 g/mol. The van der Waals surface area contributed by atoms with E-state index in [0.717, 1.165) is 5.69 Å². The van der Waals surface area contributed by atoms with Gasteiger partial charge in [-0.1, -0.05) is 18.2 Å². The highest BCUT2D eigenvalue weighted by Gasteiger charge is 2.09. The standard InChI is InChI=1S/C19H22N6O3S/c26-29(27,14-13-28-17-6-2-1-3-7-17)22-12-11-21-18-8-9-19(25-24-18)23-16-5-4-10-20-15-16/h1-10,15,22H,11-14H2,(H,21,24)(H,23,25). The highest BCUT2D eigenvalue weighted by atomic mass is 32.2. The molecule has 3 rings (SSSR count). The van der Waals surface area contributed by atoms with Crippen molar-refractivity contribution in [3.05, 3.63) is 67.0 Å². The van der Waals surface area contributed by atoms with E-state index in [0.29, 0.717) is 23.9 Å². The summed E-state index contributed by atoms with van der Waals surface area (Å²) in [6, 6.07) is 16.3. The van der Waals surface area contributed by atoms with Gasteiger partial charge in [-0.2, -0.15) is 0 Å². The zero-order chi connectivity index (χ0) is 20.4. The summed E-state index contributed by atoms with van der Waals surface area (Å²) >= 11 is 0. The number of pyridine rings is 1. The first-order valence-corrected chi connectivity index (χ1v) is 10.7. The van der Waals surface area contributed by atoms with Crippen LogP contribution in [-0.4, -0.2) is 49.0 Å². The normalized spacial score (nSPS) is 11.0. The van der Waals surface area contributed by atoms with Gasteiger partial charge in [-0.3, -0.25) is 4.98 Å². The van der Waals surface area contributed by atoms with Gasteiger partial charge in [-0.15, -0.1) is 10.2 Å². The van der Waals surface area contributed by atoms with Gasteiger partial charge < -0.3 is 15.4 Å². The zero-order valence-corrected chi connectivity index (χ0v) is 16.5. The van der Waals surface area contributed by atoms with Crippen molar-refractivity contribution in [1.29, 1.82) is 0 Å². The molecule has 0 saturated carbocycles. The van der Waals surface area contributed by atoms with Crippen molar-refractivity contribution < 1.29 is 13.2 Å². The summed E-state index contributed by atoms with van der Waals surface area (Å²) in [6.45, 7) is 0.692. The van der Waals surface area contributed by atoms with Gasteiger partial charge in [0.05, 0.1) is 17.6 Å². The molecule has 2 aromatic heterocycles. The van der Waals surface area contributed by atoms with Gasteiger partial charge in [0, 0.05) is 19.3 Å². The minimum absolute atomic E-state index is 0.0870. The number of rotatable bonds is 11. The first-order valence-electron chi connectivity index (χ1n) is 9.01. The molecule has 0 unspecified atom stereocenters. The molecule has 1 aromatic carbocycles. The van der Waals surface area contributed by atoms with Gasteiger partial charge in [0.1, 0.15) is 18.2 Å². The predicted molar refractivity (Wildman–Crippen MR) is 112 cm³/mol. The molecular formula is C19H22N6O3S. The molecule has 0 spiro atoms. The molecule has 9 nitrogen and oxygen atoms in total. The van der Waals surface area contributed by atoms with E-state index < -0.39 is 10.0 Å². The maximum absolute atomic E-state index is 12.0. The summed E-state index contributed by atoms with van der Waals surface area (Å²) in [5.41, 5.74) is 0.813. The van der Waals surface area contributed by atoms with Gasteiger partial charge in [-0.25, -0.2) is 13.1 Å². The van der Waals surface area contributed by atoms with Crippen LogP contribution in [0.25, 0.3) is 0 Å². The topological polar surface area (TPSA) is 118 Å². The number of anilines is 3. The van der Waals surface area contributed by atoms with Crippen LogP contribution in [0, 0.1) is 0 Å². The van der Waals surface area contributed by atoms with Crippen LogP contribution in [0.3, 0.4) is 0 Å². The predicted octanol–water partition coefficient (Wildman–Crippen LogP) is 2.03. The molecule has 0 fully saturated rings. The molecule has 3 N–H and O–H groups in total. The van der Waals surface area contributed by atoms with Crippen molar-refractivity contribution in [2.45, 2.75) is 0 Å². The molecule has 0 aliphatic rings. The van der Waals surface area contributed by atoms with Gasteiger partial charge in [0.15, 0.2) is 5.82 Å². The molecule has 29 heavy (non-hydrogen) atoms. The van der Waals surface area contributed by atoms with E-state index in [1.807, 2.05) is 30.3 Å². The van der Waals surface area contributed by atoms with Crippen LogP contribution in [0.5, 0.6) is 5.75 Å². The summed E-state index contributed by atoms with van der Waals surface area (Å²) < 4.78 is 31.9. The second-order valence-corrected chi connectivity index (χ2v) is 7.90. The molecule has 0 bridgehead atoms. The Morgan fingerprint density at radius 3 is 2.41 bits per heavy atom. The number of sulfonamides is 1. The number of benzene rings is 1. The molecule has 10 heteroatoms. The molecule has 0 radical (unpaired) electrons. The number of nitrogens with zero attached hydrogens (tertiary/aromatic N) is 3. The van der Waals surface area contributed by atoms with Crippen LogP contribution in [-0.2, 0) is 10.0 Å². The largest absolute Gasteiger partial charge is 0.492 e. The Labute approximate surface area is 169 Å². The highest BCUT2D eigenvalue weighted by molar-refractivity contribution is 7.89. The first kappa shape index (κ1) is 20.5. The number of hydrogen-bond acceptors (Lipinski definition) is 8. The number of para-hydroxylation sites is 1. The Balaban J connectivity index is 1.35. The Hall–Kier alpha value is -3.24. The van der Waals surface area contributed by atoms with Crippen molar-refractivity contribution in [1.82, 2.24) is 19.9 Å². The zero-order valence-electron chi connectivity index (χ0n) is 15.7. The minimum atomic E-state index is -3.41. The van der Waals surface area contributed by atoms with Crippen molar-refractivity contribution in [3.63, 3.8) is 0 Å². The van der Waals surface area contributed by atoms with Gasteiger partial charge in [0.2, 0.25) is 10.0 Å². The molecule has 3 aromatic rings. The van der Waals surface area contributed by atoms with E-state index in [-0.39, 0.29) is 18.9 Å². The smallest absolute Gasteiger partial charge is 0.215 e. The van der Waals surface area contributed by atoms with Gasteiger partial charge in [-0.05, 0) is 36.4 Å².